The highest BCUT2D eigenvalue weighted by Crippen LogP contribution is 2.22. The minimum Gasteiger partial charge on any atom is -0.236 e. The van der Waals surface area contributed by atoms with Gasteiger partial charge in [0.05, 0.1) is 9.26 Å². The topological polar surface area (TPSA) is 25.8 Å². The number of aromatic nitrogens is 2. The lowest BCUT2D eigenvalue weighted by molar-refractivity contribution is 0.628. The Morgan fingerprint density at radius 1 is 1.20 bits per heavy atom. The molecule has 2 nitrogen and oxygen atoms in total. The number of benzene rings is 1. The SMILES string of the molecule is Cc1ccccc1Cc1nc(Cl)c(I)c(CC(C)C)n1. The van der Waals surface area contributed by atoms with Crippen molar-refractivity contribution < 1.29 is 0 Å². The van der Waals surface area contributed by atoms with Gasteiger partial charge in [0.2, 0.25) is 0 Å². The third-order valence-electron chi connectivity index (χ3n) is 3.14. The summed E-state index contributed by atoms with van der Waals surface area (Å²) in [5.41, 5.74) is 3.57. The molecule has 0 N–H and O–H groups in total. The van der Waals surface area contributed by atoms with E-state index >= 15 is 0 Å². The summed E-state index contributed by atoms with van der Waals surface area (Å²) in [6.45, 7) is 6.49. The molecular weight excluding hydrogens is 383 g/mol. The molecule has 0 saturated heterocycles. The van der Waals surface area contributed by atoms with Crippen LogP contribution in [0.2, 0.25) is 5.15 Å². The number of hydrogen-bond acceptors (Lipinski definition) is 2. The third-order valence-corrected chi connectivity index (χ3v) is 4.86. The van der Waals surface area contributed by atoms with Crippen molar-refractivity contribution in [2.75, 3.05) is 0 Å². The quantitative estimate of drug-likeness (QED) is 0.542. The average Bonchev–Trinajstić information content (AvgIpc) is 2.37. The van der Waals surface area contributed by atoms with Crippen LogP contribution >= 0.6 is 34.2 Å². The fourth-order valence-corrected chi connectivity index (χ4v) is 2.76. The summed E-state index contributed by atoms with van der Waals surface area (Å²) in [5, 5.41) is 0.569. The minimum absolute atomic E-state index is 0.556. The van der Waals surface area contributed by atoms with Crippen LogP contribution in [0.4, 0.5) is 0 Å². The van der Waals surface area contributed by atoms with E-state index in [-0.39, 0.29) is 0 Å². The van der Waals surface area contributed by atoms with Gasteiger partial charge in [-0.25, -0.2) is 9.97 Å². The zero-order valence-electron chi connectivity index (χ0n) is 12.0. The fourth-order valence-electron chi connectivity index (χ4n) is 2.09. The van der Waals surface area contributed by atoms with Gasteiger partial charge in [0.25, 0.3) is 0 Å². The Labute approximate surface area is 139 Å². The highest BCUT2D eigenvalue weighted by molar-refractivity contribution is 14.1. The van der Waals surface area contributed by atoms with Crippen molar-refractivity contribution in [2.24, 2.45) is 5.92 Å². The standard InChI is InChI=1S/C16H18ClIN2/c1-10(2)8-13-15(18)16(17)20-14(19-13)9-12-7-5-4-6-11(12)3/h4-7,10H,8-9H2,1-3H3. The van der Waals surface area contributed by atoms with E-state index in [9.17, 15) is 0 Å². The van der Waals surface area contributed by atoms with Gasteiger partial charge in [-0.15, -0.1) is 0 Å². The summed E-state index contributed by atoms with van der Waals surface area (Å²) >= 11 is 8.49. The molecule has 1 aromatic heterocycles. The van der Waals surface area contributed by atoms with Gasteiger partial charge in [0, 0.05) is 6.42 Å². The normalized spacial score (nSPS) is 11.1. The number of rotatable bonds is 4. The van der Waals surface area contributed by atoms with E-state index in [1.54, 1.807) is 0 Å². The second-order valence-corrected chi connectivity index (χ2v) is 6.83. The van der Waals surface area contributed by atoms with Crippen LogP contribution in [0.15, 0.2) is 24.3 Å². The van der Waals surface area contributed by atoms with Crippen molar-refractivity contribution in [1.29, 1.82) is 0 Å². The first-order chi connectivity index (χ1) is 9.47. The van der Waals surface area contributed by atoms with E-state index in [1.165, 1.54) is 11.1 Å². The van der Waals surface area contributed by atoms with Gasteiger partial charge in [-0.1, -0.05) is 49.7 Å². The van der Waals surface area contributed by atoms with Crippen molar-refractivity contribution in [1.82, 2.24) is 9.97 Å². The molecule has 0 unspecified atom stereocenters. The highest BCUT2D eigenvalue weighted by atomic mass is 127. The van der Waals surface area contributed by atoms with Gasteiger partial charge in [0.1, 0.15) is 11.0 Å². The van der Waals surface area contributed by atoms with Gasteiger partial charge in [0.15, 0.2) is 0 Å². The molecule has 106 valence electrons. The van der Waals surface area contributed by atoms with E-state index in [0.29, 0.717) is 11.1 Å². The smallest absolute Gasteiger partial charge is 0.146 e. The lowest BCUT2D eigenvalue weighted by Gasteiger charge is -2.11. The molecule has 1 aromatic carbocycles. The summed E-state index contributed by atoms with van der Waals surface area (Å²) < 4.78 is 0.978. The van der Waals surface area contributed by atoms with Crippen LogP contribution in [-0.2, 0) is 12.8 Å². The van der Waals surface area contributed by atoms with Crippen LogP contribution in [0.5, 0.6) is 0 Å². The van der Waals surface area contributed by atoms with Gasteiger partial charge in [-0.3, -0.25) is 0 Å². The molecule has 0 saturated carbocycles. The lowest BCUT2D eigenvalue weighted by atomic mass is 10.1. The number of halogens is 2. The molecule has 2 aromatic rings. The average molecular weight is 401 g/mol. The second kappa shape index (κ2) is 6.85. The highest BCUT2D eigenvalue weighted by Gasteiger charge is 2.13. The van der Waals surface area contributed by atoms with E-state index in [0.717, 1.165) is 27.9 Å². The van der Waals surface area contributed by atoms with Crippen LogP contribution in [-0.4, -0.2) is 9.97 Å². The molecule has 0 aliphatic carbocycles. The van der Waals surface area contributed by atoms with Crippen molar-refractivity contribution >= 4 is 34.2 Å². The Balaban J connectivity index is 2.33. The largest absolute Gasteiger partial charge is 0.236 e. The minimum atomic E-state index is 0.556. The van der Waals surface area contributed by atoms with E-state index < -0.39 is 0 Å². The molecule has 20 heavy (non-hydrogen) atoms. The Kier molecular flexibility index (Phi) is 5.38. The monoisotopic (exact) mass is 400 g/mol. The van der Waals surface area contributed by atoms with Gasteiger partial charge in [-0.2, -0.15) is 0 Å². The fraction of sp³-hybridized carbons (Fsp3) is 0.375. The first-order valence-electron chi connectivity index (χ1n) is 6.72. The molecule has 0 amide bonds. The molecular formula is C16H18ClIN2. The number of nitrogens with zero attached hydrogens (tertiary/aromatic N) is 2. The molecule has 0 bridgehead atoms. The molecule has 0 spiro atoms. The van der Waals surface area contributed by atoms with E-state index in [4.69, 9.17) is 16.6 Å². The molecule has 0 atom stereocenters. The Hall–Kier alpha value is -0.680. The lowest BCUT2D eigenvalue weighted by Crippen LogP contribution is -2.07. The van der Waals surface area contributed by atoms with Crippen molar-refractivity contribution in [2.45, 2.75) is 33.6 Å². The Morgan fingerprint density at radius 2 is 1.90 bits per heavy atom. The molecule has 1 heterocycles. The van der Waals surface area contributed by atoms with Crippen molar-refractivity contribution in [3.8, 4) is 0 Å². The van der Waals surface area contributed by atoms with Crippen molar-refractivity contribution in [3.63, 3.8) is 0 Å². The van der Waals surface area contributed by atoms with Crippen LogP contribution in [0.25, 0.3) is 0 Å². The van der Waals surface area contributed by atoms with Crippen LogP contribution in [0.3, 0.4) is 0 Å². The summed E-state index contributed by atoms with van der Waals surface area (Å²) in [4.78, 5) is 9.13. The van der Waals surface area contributed by atoms with E-state index in [2.05, 4.69) is 60.5 Å². The maximum atomic E-state index is 6.25. The number of hydrogen-bond donors (Lipinski definition) is 0. The molecule has 0 fully saturated rings. The number of aryl methyl sites for hydroxylation is 1. The van der Waals surface area contributed by atoms with Gasteiger partial charge < -0.3 is 0 Å². The zero-order chi connectivity index (χ0) is 14.7. The van der Waals surface area contributed by atoms with Gasteiger partial charge >= 0.3 is 0 Å². The Bertz CT molecular complexity index is 611. The molecule has 4 heteroatoms. The van der Waals surface area contributed by atoms with Crippen LogP contribution in [0, 0.1) is 16.4 Å². The maximum absolute atomic E-state index is 6.25. The maximum Gasteiger partial charge on any atom is 0.146 e. The van der Waals surface area contributed by atoms with Crippen LogP contribution < -0.4 is 0 Å². The molecule has 0 aliphatic heterocycles. The summed E-state index contributed by atoms with van der Waals surface area (Å²) in [5.74, 6) is 1.36. The Morgan fingerprint density at radius 3 is 2.55 bits per heavy atom. The second-order valence-electron chi connectivity index (χ2n) is 5.39. The molecule has 0 radical (unpaired) electrons. The van der Waals surface area contributed by atoms with E-state index in [1.807, 2.05) is 12.1 Å². The molecule has 0 aliphatic rings. The zero-order valence-corrected chi connectivity index (χ0v) is 14.9. The predicted molar refractivity (Wildman–Crippen MR) is 92.3 cm³/mol. The summed E-state index contributed by atoms with van der Waals surface area (Å²) in [6, 6.07) is 8.32. The predicted octanol–water partition coefficient (Wildman–Crippen LogP) is 4.83. The third kappa shape index (κ3) is 3.92. The first kappa shape index (κ1) is 15.7. The first-order valence-corrected chi connectivity index (χ1v) is 8.18. The summed E-state index contributed by atoms with van der Waals surface area (Å²) in [6.07, 6.45) is 1.66. The van der Waals surface area contributed by atoms with Crippen molar-refractivity contribution in [3.05, 3.63) is 55.6 Å². The van der Waals surface area contributed by atoms with Crippen LogP contribution in [0.1, 0.15) is 36.5 Å². The molecule has 2 rings (SSSR count). The summed E-state index contributed by atoms with van der Waals surface area (Å²) in [7, 11) is 0. The van der Waals surface area contributed by atoms with Gasteiger partial charge in [-0.05, 0) is 53.0 Å².